The number of carbonyl (C=O) groups excluding carboxylic acids is 3. The van der Waals surface area contributed by atoms with Crippen molar-refractivity contribution in [3.8, 4) is 0 Å². The minimum absolute atomic E-state index is 0.0185. The van der Waals surface area contributed by atoms with Crippen LogP contribution in [-0.2, 0) is 4.79 Å². The summed E-state index contributed by atoms with van der Waals surface area (Å²) in [6.45, 7) is -0.108. The van der Waals surface area contributed by atoms with Crippen molar-refractivity contribution in [2.45, 2.75) is 30.8 Å². The highest BCUT2D eigenvalue weighted by molar-refractivity contribution is 6.34. The Morgan fingerprint density at radius 3 is 2.49 bits per heavy atom. The summed E-state index contributed by atoms with van der Waals surface area (Å²) in [5.41, 5.74) is 13.1. The molecule has 1 fully saturated rings. The number of aliphatic hydroxyl groups excluding tert-OH is 1. The Morgan fingerprint density at radius 1 is 1.14 bits per heavy atom. The van der Waals surface area contributed by atoms with Gasteiger partial charge < -0.3 is 26.8 Å². The molecule has 1 unspecified atom stereocenters. The summed E-state index contributed by atoms with van der Waals surface area (Å²) < 4.78 is 1.24. The molecule has 0 aliphatic carbocycles. The molecule has 0 radical (unpaired) electrons. The fraction of sp³-hybridized carbons (Fsp3) is 0.292. The third-order valence-electron chi connectivity index (χ3n) is 6.18. The maximum absolute atomic E-state index is 13.3. The van der Waals surface area contributed by atoms with Crippen molar-refractivity contribution >= 4 is 57.6 Å². The van der Waals surface area contributed by atoms with E-state index in [1.807, 2.05) is 0 Å². The summed E-state index contributed by atoms with van der Waals surface area (Å²) in [5, 5.41) is 14.1. The number of primary amides is 1. The van der Waals surface area contributed by atoms with Crippen molar-refractivity contribution in [3.63, 3.8) is 0 Å². The van der Waals surface area contributed by atoms with Gasteiger partial charge in [0.15, 0.2) is 5.78 Å². The number of urea groups is 1. The van der Waals surface area contributed by atoms with Gasteiger partial charge in [0.2, 0.25) is 0 Å². The molecule has 4 rings (SSSR count). The number of nitrogens with one attached hydrogen (secondary N) is 1. The number of nitrogens with two attached hydrogens (primary N) is 2. The average Bonchev–Trinajstić information content (AvgIpc) is 3.38. The van der Waals surface area contributed by atoms with Crippen LogP contribution in [0.3, 0.4) is 0 Å². The maximum Gasteiger partial charge on any atom is 0.323 e. The predicted octanol–water partition coefficient (Wildman–Crippen LogP) is 3.54. The molecule has 3 amide bonds. The second-order valence-electron chi connectivity index (χ2n) is 8.61. The molecule has 184 valence electrons. The van der Waals surface area contributed by atoms with Crippen LogP contribution in [0.1, 0.15) is 24.3 Å². The van der Waals surface area contributed by atoms with Gasteiger partial charge in [-0.3, -0.25) is 9.36 Å². The van der Waals surface area contributed by atoms with Gasteiger partial charge in [0.05, 0.1) is 23.9 Å². The summed E-state index contributed by atoms with van der Waals surface area (Å²) >= 11 is 12.2. The summed E-state index contributed by atoms with van der Waals surface area (Å²) in [6, 6.07) is 9.53. The van der Waals surface area contributed by atoms with Crippen LogP contribution >= 0.6 is 23.2 Å². The van der Waals surface area contributed by atoms with Crippen LogP contribution in [0.25, 0.3) is 10.9 Å². The monoisotopic (exact) mass is 517 g/mol. The molecule has 1 saturated heterocycles. The molecule has 6 N–H and O–H groups in total. The molecule has 1 aliphatic heterocycles. The largest absolute Gasteiger partial charge is 0.396 e. The van der Waals surface area contributed by atoms with Gasteiger partial charge in [-0.25, -0.2) is 9.59 Å². The van der Waals surface area contributed by atoms with E-state index in [0.29, 0.717) is 38.6 Å². The first-order chi connectivity index (χ1) is 16.7. The van der Waals surface area contributed by atoms with E-state index in [0.717, 1.165) is 0 Å². The number of amides is 3. The van der Waals surface area contributed by atoms with E-state index in [9.17, 15) is 19.5 Å². The number of fused-ring (bicyclic) bond motifs is 1. The molecule has 1 aromatic heterocycles. The lowest BCUT2D eigenvalue weighted by Gasteiger charge is -2.25. The fourth-order valence-electron chi connectivity index (χ4n) is 4.52. The van der Waals surface area contributed by atoms with Crippen molar-refractivity contribution in [2.24, 2.45) is 11.5 Å². The molecule has 3 aromatic rings. The van der Waals surface area contributed by atoms with Crippen LogP contribution in [0.2, 0.25) is 10.0 Å². The minimum atomic E-state index is -0.766. The van der Waals surface area contributed by atoms with E-state index >= 15 is 0 Å². The number of aromatic nitrogens is 1. The minimum Gasteiger partial charge on any atom is -0.396 e. The van der Waals surface area contributed by atoms with Gasteiger partial charge in [-0.2, -0.15) is 0 Å². The normalized spacial score (nSPS) is 18.6. The van der Waals surface area contributed by atoms with E-state index in [4.69, 9.17) is 34.7 Å². The number of rotatable bonds is 6. The van der Waals surface area contributed by atoms with Gasteiger partial charge in [0.25, 0.3) is 0 Å². The quantitative estimate of drug-likeness (QED) is 0.395. The zero-order valence-electron chi connectivity index (χ0n) is 18.7. The summed E-state index contributed by atoms with van der Waals surface area (Å²) in [6.07, 6.45) is 1.72. The number of nitrogens with zero attached hydrogens (tertiary/aromatic N) is 2. The van der Waals surface area contributed by atoms with Gasteiger partial charge in [-0.1, -0.05) is 41.4 Å². The Bertz CT molecular complexity index is 1270. The number of likely N-dealkylation sites (tertiary alicyclic amines) is 1. The summed E-state index contributed by atoms with van der Waals surface area (Å²) in [5.74, 6) is -0.767. The molecule has 2 aromatic carbocycles. The standard InChI is InChI=1S/C24H25Cl2N5O4/c25-15-5-13(6-16(26)8-15)14(12-32)7-22(33)21-9-17(27)10-31(21)24(35)29-19-11-30(23(28)34)20-4-2-1-3-18(19)20/h1-6,8,11,14,17,21,32H,7,9-10,12,27H2,(H2,28,34)(H,29,35)/t14?,17-,21-/m0/s1. The Hall–Kier alpha value is -3.11. The Balaban J connectivity index is 1.54. The molecule has 1 aliphatic rings. The van der Waals surface area contributed by atoms with Crippen molar-refractivity contribution in [1.82, 2.24) is 9.47 Å². The van der Waals surface area contributed by atoms with Crippen LogP contribution in [0.4, 0.5) is 15.3 Å². The Labute approximate surface area is 211 Å². The second-order valence-corrected chi connectivity index (χ2v) is 9.49. The fourth-order valence-corrected chi connectivity index (χ4v) is 5.07. The number of ketones is 1. The van der Waals surface area contributed by atoms with Crippen LogP contribution in [0.5, 0.6) is 0 Å². The summed E-state index contributed by atoms with van der Waals surface area (Å²) in [4.78, 5) is 39.7. The first-order valence-corrected chi connectivity index (χ1v) is 11.8. The number of aliphatic hydroxyl groups is 1. The topological polar surface area (TPSA) is 144 Å². The number of para-hydroxylation sites is 1. The zero-order chi connectivity index (χ0) is 25.3. The van der Waals surface area contributed by atoms with E-state index in [2.05, 4.69) is 5.32 Å². The van der Waals surface area contributed by atoms with Crippen molar-refractivity contribution in [2.75, 3.05) is 18.5 Å². The molecular formula is C24H25Cl2N5O4. The number of benzene rings is 2. The van der Waals surface area contributed by atoms with Crippen LogP contribution < -0.4 is 16.8 Å². The van der Waals surface area contributed by atoms with Crippen molar-refractivity contribution in [1.29, 1.82) is 0 Å². The second kappa shape index (κ2) is 10.2. The molecule has 2 heterocycles. The number of anilines is 1. The lowest BCUT2D eigenvalue weighted by molar-refractivity contribution is -0.123. The molecule has 9 nitrogen and oxygen atoms in total. The number of Topliss-reactive ketones (excluding diaryl/α,β-unsaturated/α-hetero) is 1. The van der Waals surface area contributed by atoms with Gasteiger partial charge in [0, 0.05) is 46.6 Å². The zero-order valence-corrected chi connectivity index (χ0v) is 20.2. The first kappa shape index (κ1) is 25.0. The van der Waals surface area contributed by atoms with Gasteiger partial charge in [0.1, 0.15) is 0 Å². The molecule has 11 heteroatoms. The summed E-state index contributed by atoms with van der Waals surface area (Å²) in [7, 11) is 0. The van der Waals surface area contributed by atoms with Gasteiger partial charge in [-0.15, -0.1) is 0 Å². The highest BCUT2D eigenvalue weighted by atomic mass is 35.5. The van der Waals surface area contributed by atoms with Crippen LogP contribution in [-0.4, -0.2) is 57.7 Å². The van der Waals surface area contributed by atoms with Crippen molar-refractivity contribution in [3.05, 3.63) is 64.3 Å². The molecule has 0 spiro atoms. The number of hydrogen-bond acceptors (Lipinski definition) is 5. The molecule has 0 bridgehead atoms. The van der Waals surface area contributed by atoms with Crippen LogP contribution in [0.15, 0.2) is 48.7 Å². The molecule has 0 saturated carbocycles. The average molecular weight is 518 g/mol. The SMILES string of the molecule is NC(=O)n1cc(NC(=O)N2C[C@@H](N)C[C@H]2C(=O)CC(CO)c2cc(Cl)cc(Cl)c2)c2ccccc21. The van der Waals surface area contributed by atoms with E-state index in [1.54, 1.807) is 42.5 Å². The number of halogens is 2. The van der Waals surface area contributed by atoms with Gasteiger partial charge in [-0.05, 0) is 36.2 Å². The molecule has 3 atom stereocenters. The predicted molar refractivity (Wildman–Crippen MR) is 135 cm³/mol. The highest BCUT2D eigenvalue weighted by Crippen LogP contribution is 2.30. The van der Waals surface area contributed by atoms with E-state index in [-0.39, 0.29) is 31.4 Å². The molecule has 35 heavy (non-hydrogen) atoms. The smallest absolute Gasteiger partial charge is 0.323 e. The van der Waals surface area contributed by atoms with E-state index < -0.39 is 24.0 Å². The lowest BCUT2D eigenvalue weighted by Crippen LogP contribution is -2.43. The van der Waals surface area contributed by atoms with Crippen molar-refractivity contribution < 1.29 is 19.5 Å². The Kier molecular flexibility index (Phi) is 7.32. The third kappa shape index (κ3) is 5.28. The van der Waals surface area contributed by atoms with E-state index in [1.165, 1.54) is 15.7 Å². The number of hydrogen-bond donors (Lipinski definition) is 4. The first-order valence-electron chi connectivity index (χ1n) is 11.0. The highest BCUT2D eigenvalue weighted by Gasteiger charge is 2.39. The maximum atomic E-state index is 13.3. The third-order valence-corrected chi connectivity index (χ3v) is 6.62. The van der Waals surface area contributed by atoms with Crippen LogP contribution in [0, 0.1) is 0 Å². The van der Waals surface area contributed by atoms with Gasteiger partial charge >= 0.3 is 12.1 Å². The Morgan fingerprint density at radius 2 is 1.83 bits per heavy atom. The lowest BCUT2D eigenvalue weighted by atomic mass is 9.91. The molecular weight excluding hydrogens is 493 g/mol. The number of carbonyl (C=O) groups is 3.